The molecule has 1 unspecified atom stereocenters. The fourth-order valence-corrected chi connectivity index (χ4v) is 5.31. The number of allylic oxidation sites excluding steroid dienone is 4. The minimum Gasteiger partial charge on any atom is -0.392 e. The first-order valence-corrected chi connectivity index (χ1v) is 17.6. The molecule has 1 aliphatic rings. The quantitative estimate of drug-likeness (QED) is 0.0677. The lowest BCUT2D eigenvalue weighted by molar-refractivity contribution is 0.142. The van der Waals surface area contributed by atoms with Gasteiger partial charge in [0.05, 0.1) is 6.61 Å². The number of pyridine rings is 1. The zero-order chi connectivity index (χ0) is 27.5. The maximum Gasteiger partial charge on any atom is 0.225 e. The molecule has 1 aliphatic heterocycles. The number of hydrogen-bond acceptors (Lipinski definition) is 7. The van der Waals surface area contributed by atoms with Gasteiger partial charge in [-0.1, -0.05) is 55.5 Å². The Morgan fingerprint density at radius 3 is 2.74 bits per heavy atom. The van der Waals surface area contributed by atoms with Crippen molar-refractivity contribution < 1.29 is 9.84 Å². The van der Waals surface area contributed by atoms with Gasteiger partial charge in [0.15, 0.2) is 0 Å². The Kier molecular flexibility index (Phi) is 11.9. The van der Waals surface area contributed by atoms with Gasteiger partial charge in [0.1, 0.15) is 23.9 Å². The average molecular weight is 577 g/mol. The lowest BCUT2D eigenvalue weighted by Gasteiger charge is -2.24. The number of anilines is 1. The van der Waals surface area contributed by atoms with Crippen LogP contribution in [0.5, 0.6) is 0 Å². The number of aliphatic hydroxyl groups is 1. The number of fused-ring (bicyclic) bond motifs is 1. The van der Waals surface area contributed by atoms with Gasteiger partial charge in [-0.2, -0.15) is 0 Å². The molecule has 0 aliphatic carbocycles. The highest BCUT2D eigenvalue weighted by atomic mass is 35.5. The zero-order valence-corrected chi connectivity index (χ0v) is 25.3. The van der Waals surface area contributed by atoms with Crippen molar-refractivity contribution in [1.82, 2.24) is 15.0 Å². The third kappa shape index (κ3) is 9.57. The van der Waals surface area contributed by atoms with E-state index in [9.17, 15) is 5.11 Å². The van der Waals surface area contributed by atoms with Crippen LogP contribution in [0.15, 0.2) is 47.3 Å². The predicted octanol–water partition coefficient (Wildman–Crippen LogP) is 6.66. The fourth-order valence-electron chi connectivity index (χ4n) is 4.10. The summed E-state index contributed by atoms with van der Waals surface area (Å²) in [5.41, 5.74) is 4.00. The Morgan fingerprint density at radius 2 is 2.00 bits per heavy atom. The van der Waals surface area contributed by atoms with E-state index in [1.165, 1.54) is 0 Å². The molecule has 1 N–H and O–H groups in total. The number of aliphatic hydroxyl groups excluding tert-OH is 1. The van der Waals surface area contributed by atoms with E-state index in [0.717, 1.165) is 54.0 Å². The molecule has 3 rings (SSSR count). The first-order valence-electron chi connectivity index (χ1n) is 13.1. The van der Waals surface area contributed by atoms with Gasteiger partial charge in [-0.3, -0.25) is 9.98 Å². The molecule has 38 heavy (non-hydrogen) atoms. The summed E-state index contributed by atoms with van der Waals surface area (Å²) in [7, 11) is -1.20. The largest absolute Gasteiger partial charge is 0.392 e. The van der Waals surface area contributed by atoms with Crippen molar-refractivity contribution in [2.24, 2.45) is 4.99 Å². The smallest absolute Gasteiger partial charge is 0.225 e. The molecule has 1 atom stereocenters. The van der Waals surface area contributed by atoms with Crippen molar-refractivity contribution in [2.45, 2.75) is 77.5 Å². The van der Waals surface area contributed by atoms with Gasteiger partial charge < -0.3 is 14.7 Å². The second-order valence-electron chi connectivity index (χ2n) is 10.7. The van der Waals surface area contributed by atoms with Crippen LogP contribution >= 0.6 is 23.2 Å². The number of ether oxygens (including phenoxy) is 1. The van der Waals surface area contributed by atoms with E-state index in [1.807, 2.05) is 42.5 Å². The van der Waals surface area contributed by atoms with Crippen LogP contribution in [0.2, 0.25) is 36.1 Å². The third-order valence-corrected chi connectivity index (χ3v) is 8.47. The van der Waals surface area contributed by atoms with Crippen LogP contribution in [0.4, 0.5) is 5.82 Å². The average Bonchev–Trinajstić information content (AvgIpc) is 3.22. The van der Waals surface area contributed by atoms with Crippen LogP contribution in [-0.2, 0) is 24.2 Å². The molecular weight excluding hydrogens is 537 g/mol. The van der Waals surface area contributed by atoms with Crippen molar-refractivity contribution >= 4 is 43.3 Å². The van der Waals surface area contributed by atoms with Crippen LogP contribution in [-0.4, -0.2) is 53.9 Å². The molecule has 0 bridgehead atoms. The van der Waals surface area contributed by atoms with Crippen molar-refractivity contribution in [3.63, 3.8) is 0 Å². The summed E-state index contributed by atoms with van der Waals surface area (Å²) in [4.78, 5) is 19.8. The number of aliphatic imine (C=N–C) groups is 1. The first-order chi connectivity index (χ1) is 18.2. The highest BCUT2D eigenvalue weighted by Gasteiger charge is 2.33. The van der Waals surface area contributed by atoms with Crippen LogP contribution in [0.1, 0.15) is 42.9 Å². The number of aryl methyl sites for hydroxylation is 1. The topological polar surface area (TPSA) is 83.7 Å². The molecule has 0 saturated carbocycles. The number of halogens is 2. The molecule has 0 aromatic carbocycles. The summed E-state index contributed by atoms with van der Waals surface area (Å²) >= 11 is 12.6. The summed E-state index contributed by atoms with van der Waals surface area (Å²) in [6.07, 6.45) is 16.0. The van der Waals surface area contributed by atoms with E-state index in [-0.39, 0.29) is 18.1 Å². The second-order valence-corrected chi connectivity index (χ2v) is 17.0. The molecule has 0 radical (unpaired) electrons. The summed E-state index contributed by atoms with van der Waals surface area (Å²) in [6, 6.07) is 3.10. The summed E-state index contributed by atoms with van der Waals surface area (Å²) in [5, 5.41) is 9.83. The van der Waals surface area contributed by atoms with Gasteiger partial charge >= 0.3 is 0 Å². The zero-order valence-electron chi connectivity index (χ0n) is 22.8. The van der Waals surface area contributed by atoms with Crippen LogP contribution < -0.4 is 4.90 Å². The van der Waals surface area contributed by atoms with Gasteiger partial charge in [0.2, 0.25) is 5.28 Å². The van der Waals surface area contributed by atoms with Crippen molar-refractivity contribution in [3.8, 4) is 0 Å². The monoisotopic (exact) mass is 575 g/mol. The van der Waals surface area contributed by atoms with E-state index in [2.05, 4.69) is 40.7 Å². The number of aromatic nitrogens is 3. The number of unbranched alkanes of at least 4 members (excludes halogenated alkanes) is 1. The van der Waals surface area contributed by atoms with E-state index in [0.29, 0.717) is 30.7 Å². The Morgan fingerprint density at radius 1 is 1.21 bits per heavy atom. The highest BCUT2D eigenvalue weighted by molar-refractivity contribution is 6.76. The van der Waals surface area contributed by atoms with Crippen LogP contribution in [0.3, 0.4) is 0 Å². The SMILES string of the molecule is C/C=C/C=C(\C=NC1Cc2c(Cl)nc(Cl)nc2N1COCC[Si](C)(C)C)CCCCc1cncc(CO)c1. The molecule has 7 nitrogen and oxygen atoms in total. The van der Waals surface area contributed by atoms with E-state index >= 15 is 0 Å². The van der Waals surface area contributed by atoms with E-state index < -0.39 is 8.07 Å². The van der Waals surface area contributed by atoms with E-state index in [1.54, 1.807) is 6.20 Å². The minimum absolute atomic E-state index is 0.0158. The number of nitrogens with zero attached hydrogens (tertiary/aromatic N) is 5. The molecule has 0 saturated heterocycles. The molecule has 0 amide bonds. The van der Waals surface area contributed by atoms with Crippen LogP contribution in [0, 0.1) is 0 Å². The molecule has 2 aromatic heterocycles. The second kappa shape index (κ2) is 14.9. The predicted molar refractivity (Wildman–Crippen MR) is 160 cm³/mol. The van der Waals surface area contributed by atoms with Gasteiger partial charge in [-0.15, -0.1) is 0 Å². The van der Waals surface area contributed by atoms with Gasteiger partial charge in [-0.25, -0.2) is 9.97 Å². The van der Waals surface area contributed by atoms with Crippen molar-refractivity contribution in [3.05, 3.63) is 69.4 Å². The Bertz CT molecular complexity index is 1150. The maximum absolute atomic E-state index is 9.34. The number of hydrogen-bond donors (Lipinski definition) is 1. The Labute approximate surface area is 237 Å². The number of rotatable bonds is 14. The van der Waals surface area contributed by atoms with Crippen molar-refractivity contribution in [1.29, 1.82) is 0 Å². The first kappa shape index (κ1) is 30.4. The Hall–Kier alpha value is -2.10. The van der Waals surface area contributed by atoms with Gasteiger partial charge in [-0.05, 0) is 67.0 Å². The van der Waals surface area contributed by atoms with Gasteiger partial charge in [0.25, 0.3) is 0 Å². The Balaban J connectivity index is 1.66. The molecule has 3 heterocycles. The molecule has 10 heteroatoms. The molecule has 2 aromatic rings. The van der Waals surface area contributed by atoms with E-state index in [4.69, 9.17) is 32.9 Å². The minimum atomic E-state index is -1.20. The maximum atomic E-state index is 9.34. The molecule has 0 fully saturated rings. The molecule has 206 valence electrons. The standard InChI is InChI=1S/C28H39Cl2N5O2Si/c1-5-6-9-21(10-7-8-11-22-14-23(19-36)17-31-16-22)18-32-25-15-24-26(29)33-28(30)34-27(24)35(25)20-37-12-13-38(2,3)4/h5-6,9,14,16-18,25,36H,7-8,10-13,15,19-20H2,1-4H3/b6-5+,21-9-,32-18?. The highest BCUT2D eigenvalue weighted by Crippen LogP contribution is 2.35. The molecular formula is C28H39Cl2N5O2Si. The lowest BCUT2D eigenvalue weighted by atomic mass is 10.0. The summed E-state index contributed by atoms with van der Waals surface area (Å²) in [6.45, 7) is 10.1. The fraction of sp³-hybridized carbons (Fsp3) is 0.500. The normalized spacial score (nSPS) is 16.2. The molecule has 0 spiro atoms. The van der Waals surface area contributed by atoms with Crippen molar-refractivity contribution in [2.75, 3.05) is 18.2 Å². The van der Waals surface area contributed by atoms with Gasteiger partial charge in [0, 0.05) is 45.3 Å². The lowest BCUT2D eigenvalue weighted by Crippen LogP contribution is -2.34. The third-order valence-electron chi connectivity index (χ3n) is 6.28. The summed E-state index contributed by atoms with van der Waals surface area (Å²) < 4.78 is 6.06. The van der Waals surface area contributed by atoms with Crippen LogP contribution in [0.25, 0.3) is 0 Å². The summed E-state index contributed by atoms with van der Waals surface area (Å²) in [5.74, 6) is 0.697.